The van der Waals surface area contributed by atoms with E-state index in [0.29, 0.717) is 23.7 Å². The molecule has 9 heteroatoms. The lowest BCUT2D eigenvalue weighted by Gasteiger charge is -2.24. The Labute approximate surface area is 290 Å². The fourth-order valence-corrected chi connectivity index (χ4v) is 9.20. The average Bonchev–Trinajstić information content (AvgIpc) is 3.97. The summed E-state index contributed by atoms with van der Waals surface area (Å²) in [5, 5.41) is 3.44. The van der Waals surface area contributed by atoms with Crippen LogP contribution in [0.1, 0.15) is 124 Å². The van der Waals surface area contributed by atoms with Gasteiger partial charge in [0.1, 0.15) is 0 Å². The summed E-state index contributed by atoms with van der Waals surface area (Å²) in [7, 11) is 0. The van der Waals surface area contributed by atoms with Crippen molar-refractivity contribution in [2.75, 3.05) is 39.5 Å². The molecular weight excluding hydrogens is 610 g/mol. The van der Waals surface area contributed by atoms with Gasteiger partial charge in [0.15, 0.2) is 11.3 Å². The maximum atomic E-state index is 5.56. The molecule has 3 aliphatic carbocycles. The average molecular weight is 664 g/mol. The van der Waals surface area contributed by atoms with E-state index in [1.165, 1.54) is 90.3 Å². The summed E-state index contributed by atoms with van der Waals surface area (Å²) in [6, 6.07) is 0. The first kappa shape index (κ1) is 32.8. The molecule has 0 aromatic carbocycles. The second-order valence-corrected chi connectivity index (χ2v) is 14.8. The van der Waals surface area contributed by atoms with Gasteiger partial charge in [0.2, 0.25) is 0 Å². The van der Waals surface area contributed by atoms with Gasteiger partial charge in [-0.2, -0.15) is 0 Å². The molecule has 49 heavy (non-hydrogen) atoms. The molecule has 1 saturated carbocycles. The third-order valence-electron chi connectivity index (χ3n) is 11.9. The van der Waals surface area contributed by atoms with Crippen LogP contribution in [0.2, 0.25) is 0 Å². The Morgan fingerprint density at radius 2 is 1.04 bits per heavy atom. The zero-order chi connectivity index (χ0) is 31.9. The van der Waals surface area contributed by atoms with E-state index in [1.807, 2.05) is 12.4 Å². The molecule has 0 atom stereocenters. The minimum atomic E-state index is 0. The van der Waals surface area contributed by atoms with Crippen LogP contribution in [0.25, 0.3) is 22.4 Å². The van der Waals surface area contributed by atoms with Crippen LogP contribution in [0.15, 0.2) is 36.9 Å². The molecule has 3 saturated heterocycles. The first-order valence-corrected chi connectivity index (χ1v) is 18.8. The van der Waals surface area contributed by atoms with Gasteiger partial charge in [-0.1, -0.05) is 38.8 Å². The van der Waals surface area contributed by atoms with E-state index in [-0.39, 0.29) is 7.43 Å². The van der Waals surface area contributed by atoms with Crippen LogP contribution >= 0.6 is 0 Å². The molecule has 4 fully saturated rings. The van der Waals surface area contributed by atoms with Crippen LogP contribution in [0.3, 0.4) is 0 Å². The van der Waals surface area contributed by atoms with E-state index in [2.05, 4.69) is 38.7 Å². The second-order valence-electron chi connectivity index (χ2n) is 14.8. The Kier molecular flexibility index (Phi) is 9.67. The molecule has 0 amide bonds. The molecule has 4 aromatic rings. The third-order valence-corrected chi connectivity index (χ3v) is 11.9. The highest BCUT2D eigenvalue weighted by Gasteiger charge is 2.30. The van der Waals surface area contributed by atoms with Gasteiger partial charge in [0.05, 0.1) is 46.6 Å². The lowest BCUT2D eigenvalue weighted by Crippen LogP contribution is -2.26. The number of piperidine rings is 1. The lowest BCUT2D eigenvalue weighted by molar-refractivity contribution is 0.0806. The Hall–Kier alpha value is -3.40. The molecular formula is C40H53N7O2. The number of ether oxygens (including phenoxy) is 2. The monoisotopic (exact) mass is 663 g/mol. The fraction of sp³-hybridized carbons (Fsp3) is 0.600. The van der Waals surface area contributed by atoms with Crippen molar-refractivity contribution in [3.8, 4) is 0 Å². The third kappa shape index (κ3) is 6.38. The summed E-state index contributed by atoms with van der Waals surface area (Å²) in [6.45, 7) is 5.73. The molecule has 7 heterocycles. The van der Waals surface area contributed by atoms with Crippen LogP contribution in [0.5, 0.6) is 0 Å². The van der Waals surface area contributed by atoms with Gasteiger partial charge in [-0.3, -0.25) is 18.8 Å². The number of hydrogen-bond acceptors (Lipinski definition) is 7. The highest BCUT2D eigenvalue weighted by atomic mass is 16.5. The minimum Gasteiger partial charge on any atom is -0.381 e. The Bertz CT molecular complexity index is 1700. The summed E-state index contributed by atoms with van der Waals surface area (Å²) in [5.74, 6) is 2.45. The highest BCUT2D eigenvalue weighted by molar-refractivity contribution is 5.74. The number of hydrogen-bond donors (Lipinski definition) is 1. The predicted molar refractivity (Wildman–Crippen MR) is 194 cm³/mol. The van der Waals surface area contributed by atoms with Gasteiger partial charge in [0.25, 0.3) is 0 Å². The van der Waals surface area contributed by atoms with E-state index >= 15 is 0 Å². The number of allylic oxidation sites excluding steroid dienone is 4. The molecule has 0 radical (unpaired) electrons. The molecule has 0 bridgehead atoms. The van der Waals surface area contributed by atoms with Crippen molar-refractivity contribution in [3.05, 3.63) is 71.1 Å². The molecule has 4 aromatic heterocycles. The predicted octanol–water partition coefficient (Wildman–Crippen LogP) is 7.34. The van der Waals surface area contributed by atoms with Crippen LogP contribution in [-0.4, -0.2) is 68.3 Å². The summed E-state index contributed by atoms with van der Waals surface area (Å²) >= 11 is 0. The van der Waals surface area contributed by atoms with E-state index in [4.69, 9.17) is 29.4 Å². The zero-order valence-corrected chi connectivity index (χ0v) is 28.2. The number of rotatable bonds is 4. The lowest BCUT2D eigenvalue weighted by atomic mass is 9.87. The van der Waals surface area contributed by atoms with Crippen LogP contribution in [0, 0.1) is 11.8 Å². The van der Waals surface area contributed by atoms with Crippen molar-refractivity contribution in [2.24, 2.45) is 11.8 Å². The van der Waals surface area contributed by atoms with E-state index in [9.17, 15) is 0 Å². The quantitative estimate of drug-likeness (QED) is 0.244. The fourth-order valence-electron chi connectivity index (χ4n) is 9.20. The van der Waals surface area contributed by atoms with Gasteiger partial charge in [-0.05, 0) is 87.4 Å². The van der Waals surface area contributed by atoms with E-state index in [1.54, 1.807) is 0 Å². The standard InChI is InChI=1S/C20H25N3O.C19H24N4O.CH4/c1-2-4-15(5-3-1)18-13-23-19(22-18)12-21-17-7-6-16(20(17)23)14-8-10-24-11-9-14;1-2-16-19(15(1)13-5-9-24-10-6-13)23-12-17(22-18(23)11-21-16)14-3-7-20-8-4-14;/h6,12-15H,1-5,7-11H2;1,11-14,20H,2-10H2;1H4. The topological polar surface area (TPSA) is 90.9 Å². The molecule has 1 N–H and O–H groups in total. The van der Waals surface area contributed by atoms with Crippen LogP contribution in [0.4, 0.5) is 0 Å². The van der Waals surface area contributed by atoms with Gasteiger partial charge in [-0.15, -0.1) is 0 Å². The zero-order valence-electron chi connectivity index (χ0n) is 28.2. The summed E-state index contributed by atoms with van der Waals surface area (Å²) in [6.07, 6.45) is 28.8. The van der Waals surface area contributed by atoms with Crippen molar-refractivity contribution in [3.63, 3.8) is 0 Å². The normalized spacial score (nSPS) is 22.3. The molecule has 3 aliphatic heterocycles. The Morgan fingerprint density at radius 3 is 1.53 bits per heavy atom. The highest BCUT2D eigenvalue weighted by Crippen LogP contribution is 2.40. The number of imidazole rings is 2. The summed E-state index contributed by atoms with van der Waals surface area (Å²) in [4.78, 5) is 19.3. The number of nitrogens with zero attached hydrogens (tertiary/aromatic N) is 6. The molecule has 260 valence electrons. The molecule has 0 unspecified atom stereocenters. The summed E-state index contributed by atoms with van der Waals surface area (Å²) < 4.78 is 15.8. The van der Waals surface area contributed by atoms with Gasteiger partial charge < -0.3 is 14.8 Å². The number of fused-ring (bicyclic) bond motifs is 6. The van der Waals surface area contributed by atoms with Crippen LogP contribution in [-0.2, 0) is 22.3 Å². The van der Waals surface area contributed by atoms with E-state index < -0.39 is 0 Å². The largest absolute Gasteiger partial charge is 0.381 e. The second kappa shape index (κ2) is 14.4. The van der Waals surface area contributed by atoms with Gasteiger partial charge >= 0.3 is 0 Å². The minimum absolute atomic E-state index is 0. The molecule has 0 spiro atoms. The van der Waals surface area contributed by atoms with Crippen molar-refractivity contribution < 1.29 is 9.47 Å². The number of nitrogens with one attached hydrogen (secondary N) is 1. The van der Waals surface area contributed by atoms with Crippen molar-refractivity contribution in [2.45, 2.75) is 103 Å². The van der Waals surface area contributed by atoms with Crippen molar-refractivity contribution >= 4 is 22.4 Å². The molecule has 6 aliphatic rings. The smallest absolute Gasteiger partial charge is 0.156 e. The maximum absolute atomic E-state index is 5.56. The maximum Gasteiger partial charge on any atom is 0.156 e. The van der Waals surface area contributed by atoms with Crippen LogP contribution < -0.4 is 5.32 Å². The van der Waals surface area contributed by atoms with E-state index in [0.717, 1.165) is 89.3 Å². The first-order chi connectivity index (χ1) is 23.8. The van der Waals surface area contributed by atoms with Gasteiger partial charge in [-0.25, -0.2) is 9.97 Å². The number of aromatic nitrogens is 6. The van der Waals surface area contributed by atoms with Crippen molar-refractivity contribution in [1.82, 2.24) is 34.1 Å². The Balaban J connectivity index is 0.000000139. The molecule has 10 rings (SSSR count). The first-order valence-electron chi connectivity index (χ1n) is 18.8. The molecule has 9 nitrogen and oxygen atoms in total. The summed E-state index contributed by atoms with van der Waals surface area (Å²) in [5.41, 5.74) is 12.6. The SMILES string of the molecule is C.C1=C(C2CCOCC2)c2c(ncc3nc(C4CCCCC4)cn23)C1.C1=C(C2CCOCC2)c2c(ncc3nc(C4CCNCC4)cn23)C1. The van der Waals surface area contributed by atoms with Gasteiger partial charge in [0, 0.05) is 63.5 Å². The van der Waals surface area contributed by atoms with Crippen molar-refractivity contribution in [1.29, 1.82) is 0 Å². The Morgan fingerprint density at radius 1 is 0.571 bits per heavy atom.